The van der Waals surface area contributed by atoms with Crippen LogP contribution in [0.15, 0.2) is 50.2 Å². The van der Waals surface area contributed by atoms with Crippen LogP contribution >= 0.6 is 43.6 Å². The summed E-state index contributed by atoms with van der Waals surface area (Å²) >= 11 is 8.29. The molecule has 0 atom stereocenters. The van der Waals surface area contributed by atoms with Crippen molar-refractivity contribution in [3.05, 3.63) is 56.5 Å². The molecular weight excluding hydrogens is 420 g/mol. The molecule has 2 aromatic carbocycles. The Balaban J connectivity index is 2.11. The van der Waals surface area contributed by atoms with Gasteiger partial charge in [-0.1, -0.05) is 6.07 Å². The van der Waals surface area contributed by atoms with E-state index in [4.69, 9.17) is 9.84 Å². The first-order valence-electron chi connectivity index (χ1n) is 5.99. The molecule has 0 saturated heterocycles. The first kappa shape index (κ1) is 16.4. The third-order valence-electron chi connectivity index (χ3n) is 2.79. The fourth-order valence-electron chi connectivity index (χ4n) is 1.72. The lowest BCUT2D eigenvalue weighted by Gasteiger charge is -2.07. The van der Waals surface area contributed by atoms with Crippen LogP contribution in [0.25, 0.3) is 0 Å². The highest BCUT2D eigenvalue weighted by atomic mass is 79.9. The lowest BCUT2D eigenvalue weighted by atomic mass is 10.2. The van der Waals surface area contributed by atoms with Crippen molar-refractivity contribution in [3.8, 4) is 5.75 Å². The van der Waals surface area contributed by atoms with E-state index < -0.39 is 5.97 Å². The van der Waals surface area contributed by atoms with E-state index in [2.05, 4.69) is 31.9 Å². The summed E-state index contributed by atoms with van der Waals surface area (Å²) in [5, 5.41) is 9.11. The second-order valence-corrected chi connectivity index (χ2v) is 6.96. The minimum absolute atomic E-state index is 0.274. The minimum atomic E-state index is -0.934. The van der Waals surface area contributed by atoms with Gasteiger partial charge in [-0.25, -0.2) is 4.79 Å². The topological polar surface area (TPSA) is 46.5 Å². The third kappa shape index (κ3) is 4.25. The van der Waals surface area contributed by atoms with E-state index in [1.54, 1.807) is 31.0 Å². The van der Waals surface area contributed by atoms with Gasteiger partial charge in [0.2, 0.25) is 0 Å². The van der Waals surface area contributed by atoms with Gasteiger partial charge in [-0.15, -0.1) is 11.8 Å². The molecule has 0 aliphatic heterocycles. The SMILES string of the molecule is COc1ccc(CSc2ccc(Br)c(C(=O)O)c2)cc1Br. The summed E-state index contributed by atoms with van der Waals surface area (Å²) in [6.45, 7) is 0. The lowest BCUT2D eigenvalue weighted by Crippen LogP contribution is -1.97. The van der Waals surface area contributed by atoms with Crippen molar-refractivity contribution in [1.29, 1.82) is 0 Å². The van der Waals surface area contributed by atoms with Crippen LogP contribution in [0.4, 0.5) is 0 Å². The minimum Gasteiger partial charge on any atom is -0.496 e. The van der Waals surface area contributed by atoms with E-state index in [0.29, 0.717) is 4.47 Å². The number of methoxy groups -OCH3 is 1. The number of thioether (sulfide) groups is 1. The summed E-state index contributed by atoms with van der Waals surface area (Å²) in [5.41, 5.74) is 1.41. The molecule has 0 aliphatic carbocycles. The van der Waals surface area contributed by atoms with Gasteiger partial charge in [-0.05, 0) is 67.8 Å². The number of hydrogen-bond donors (Lipinski definition) is 1. The Labute approximate surface area is 144 Å². The Hall–Kier alpha value is -0.980. The normalized spacial score (nSPS) is 10.4. The average molecular weight is 432 g/mol. The van der Waals surface area contributed by atoms with Gasteiger partial charge in [0.1, 0.15) is 5.75 Å². The summed E-state index contributed by atoms with van der Waals surface area (Å²) in [7, 11) is 1.63. The quantitative estimate of drug-likeness (QED) is 0.660. The maximum Gasteiger partial charge on any atom is 0.336 e. The number of hydrogen-bond acceptors (Lipinski definition) is 3. The second kappa shape index (κ2) is 7.33. The van der Waals surface area contributed by atoms with Crippen molar-refractivity contribution in [3.63, 3.8) is 0 Å². The van der Waals surface area contributed by atoms with Gasteiger partial charge in [0.05, 0.1) is 17.1 Å². The second-order valence-electron chi connectivity index (χ2n) is 4.20. The van der Waals surface area contributed by atoms with Gasteiger partial charge in [-0.3, -0.25) is 0 Å². The van der Waals surface area contributed by atoms with Crippen molar-refractivity contribution in [2.75, 3.05) is 7.11 Å². The first-order chi connectivity index (χ1) is 10.0. The summed E-state index contributed by atoms with van der Waals surface area (Å²) < 4.78 is 6.69. The number of ether oxygens (including phenoxy) is 1. The van der Waals surface area contributed by atoms with Crippen molar-refractivity contribution >= 4 is 49.6 Å². The number of benzene rings is 2. The molecule has 21 heavy (non-hydrogen) atoms. The predicted molar refractivity (Wildman–Crippen MR) is 91.4 cm³/mol. The van der Waals surface area contributed by atoms with Crippen molar-refractivity contribution in [2.24, 2.45) is 0 Å². The van der Waals surface area contributed by atoms with Gasteiger partial charge in [-0.2, -0.15) is 0 Å². The number of rotatable bonds is 5. The zero-order valence-electron chi connectivity index (χ0n) is 11.1. The van der Waals surface area contributed by atoms with Gasteiger partial charge in [0.25, 0.3) is 0 Å². The summed E-state index contributed by atoms with van der Waals surface area (Å²) in [6.07, 6.45) is 0. The Morgan fingerprint density at radius 3 is 2.57 bits per heavy atom. The Kier molecular flexibility index (Phi) is 5.72. The maximum absolute atomic E-state index is 11.1. The van der Waals surface area contributed by atoms with E-state index in [-0.39, 0.29) is 5.56 Å². The molecule has 0 unspecified atom stereocenters. The van der Waals surface area contributed by atoms with Crippen LogP contribution in [0.1, 0.15) is 15.9 Å². The van der Waals surface area contributed by atoms with E-state index in [1.165, 1.54) is 0 Å². The molecule has 6 heteroatoms. The summed E-state index contributed by atoms with van der Waals surface area (Å²) in [6, 6.07) is 11.2. The summed E-state index contributed by atoms with van der Waals surface area (Å²) in [4.78, 5) is 12.0. The van der Waals surface area contributed by atoms with Crippen molar-refractivity contribution in [2.45, 2.75) is 10.6 Å². The molecule has 3 nitrogen and oxygen atoms in total. The van der Waals surface area contributed by atoms with Crippen molar-refractivity contribution < 1.29 is 14.6 Å². The smallest absolute Gasteiger partial charge is 0.336 e. The Morgan fingerprint density at radius 1 is 1.19 bits per heavy atom. The van der Waals surface area contributed by atoms with Crippen LogP contribution < -0.4 is 4.74 Å². The molecule has 0 aliphatic rings. The highest BCUT2D eigenvalue weighted by molar-refractivity contribution is 9.10. The number of carboxylic acids is 1. The van der Waals surface area contributed by atoms with Crippen LogP contribution in [-0.4, -0.2) is 18.2 Å². The largest absolute Gasteiger partial charge is 0.496 e. The fraction of sp³-hybridized carbons (Fsp3) is 0.133. The summed E-state index contributed by atoms with van der Waals surface area (Å²) in [5.74, 6) is 0.612. The monoisotopic (exact) mass is 430 g/mol. The van der Waals surface area contributed by atoms with E-state index in [0.717, 1.165) is 26.4 Å². The van der Waals surface area contributed by atoms with Gasteiger partial charge >= 0.3 is 5.97 Å². The van der Waals surface area contributed by atoms with Crippen LogP contribution in [0.2, 0.25) is 0 Å². The van der Waals surface area contributed by atoms with Gasteiger partial charge in [0, 0.05) is 15.1 Å². The van der Waals surface area contributed by atoms with Gasteiger partial charge < -0.3 is 9.84 Å². The Morgan fingerprint density at radius 2 is 1.95 bits per heavy atom. The molecule has 2 aromatic rings. The number of halogens is 2. The number of carbonyl (C=O) groups is 1. The molecule has 0 fully saturated rings. The van der Waals surface area contributed by atoms with Crippen LogP contribution in [0.3, 0.4) is 0 Å². The molecule has 0 saturated carbocycles. The molecule has 0 radical (unpaired) electrons. The van der Waals surface area contributed by atoms with E-state index in [1.807, 2.05) is 24.3 Å². The molecule has 1 N–H and O–H groups in total. The average Bonchev–Trinajstić information content (AvgIpc) is 2.46. The molecule has 2 rings (SSSR count). The molecule has 0 amide bonds. The highest BCUT2D eigenvalue weighted by Crippen LogP contribution is 2.30. The number of carboxylic acid groups (broad SMARTS) is 1. The molecular formula is C15H12Br2O3S. The molecule has 0 spiro atoms. The zero-order chi connectivity index (χ0) is 15.4. The number of aromatic carboxylic acids is 1. The lowest BCUT2D eigenvalue weighted by molar-refractivity contribution is 0.0695. The van der Waals surface area contributed by atoms with Crippen LogP contribution in [0, 0.1) is 0 Å². The van der Waals surface area contributed by atoms with E-state index >= 15 is 0 Å². The fourth-order valence-corrected chi connectivity index (χ4v) is 3.61. The molecule has 0 aromatic heterocycles. The highest BCUT2D eigenvalue weighted by Gasteiger charge is 2.09. The van der Waals surface area contributed by atoms with Crippen LogP contribution in [-0.2, 0) is 5.75 Å². The molecule has 0 heterocycles. The molecule has 110 valence electrons. The maximum atomic E-state index is 11.1. The standard InChI is InChI=1S/C15H12Br2O3S/c1-20-14-5-2-9(6-13(14)17)8-21-10-3-4-12(16)11(7-10)15(18)19/h2-7H,8H2,1H3,(H,18,19). The zero-order valence-corrected chi connectivity index (χ0v) is 15.1. The Bertz CT molecular complexity index is 674. The van der Waals surface area contributed by atoms with Crippen molar-refractivity contribution in [1.82, 2.24) is 0 Å². The van der Waals surface area contributed by atoms with Crippen LogP contribution in [0.5, 0.6) is 5.75 Å². The van der Waals surface area contributed by atoms with Gasteiger partial charge in [0.15, 0.2) is 0 Å². The third-order valence-corrected chi connectivity index (χ3v) is 5.17. The van der Waals surface area contributed by atoms with E-state index in [9.17, 15) is 4.79 Å². The molecule has 0 bridgehead atoms. The first-order valence-corrected chi connectivity index (χ1v) is 8.56. The predicted octanol–water partition coefficient (Wildman–Crippen LogP) is 5.21.